The molecule has 0 aromatic carbocycles. The van der Waals surface area contributed by atoms with Crippen LogP contribution in [-0.4, -0.2) is 38.0 Å². The monoisotopic (exact) mass is 370 g/mol. The summed E-state index contributed by atoms with van der Waals surface area (Å²) in [5, 5.41) is 6.55. The molecule has 0 atom stereocenters. The Labute approximate surface area is 161 Å². The highest BCUT2D eigenvalue weighted by molar-refractivity contribution is 5.78. The average molecular weight is 371 g/mol. The molecule has 2 N–H and O–H groups in total. The molecule has 0 bridgehead atoms. The van der Waals surface area contributed by atoms with Gasteiger partial charge in [-0.05, 0) is 39.0 Å². The minimum atomic E-state index is 0.131. The van der Waals surface area contributed by atoms with Gasteiger partial charge in [-0.3, -0.25) is 9.78 Å². The highest BCUT2D eigenvalue weighted by atomic mass is 16.1. The van der Waals surface area contributed by atoms with Crippen molar-refractivity contribution in [3.05, 3.63) is 36.3 Å². The lowest BCUT2D eigenvalue weighted by Gasteiger charge is -2.28. The second-order valence-corrected chi connectivity index (χ2v) is 7.27. The molecule has 2 aromatic heterocycles. The normalized spacial score (nSPS) is 19.6. The van der Waals surface area contributed by atoms with Crippen molar-refractivity contribution in [1.29, 1.82) is 0 Å². The topological polar surface area (TPSA) is 84.7 Å². The number of anilines is 1. The third kappa shape index (κ3) is 5.52. The summed E-state index contributed by atoms with van der Waals surface area (Å²) in [5.74, 6) is 2.26. The molecule has 3 rings (SSSR count). The number of carbonyl (C=O) groups is 1. The van der Waals surface area contributed by atoms with Crippen molar-refractivity contribution in [2.45, 2.75) is 65.0 Å². The smallest absolute Gasteiger partial charge is 0.223 e. The zero-order valence-corrected chi connectivity index (χ0v) is 16.3. The standard InChI is InChI=1S/C20H30N6O/c1-3-19-22-10-12-26(19)11-4-9-23-20(27)16-5-7-17(8-6-16)25-18-14-21-13-15(2)24-18/h10,12-14,16-17H,3-9,11H2,1-2H3,(H,23,27)(H,24,25). The van der Waals surface area contributed by atoms with Crippen LogP contribution in [0, 0.1) is 12.8 Å². The minimum absolute atomic E-state index is 0.131. The lowest BCUT2D eigenvalue weighted by molar-refractivity contribution is -0.125. The Bertz CT molecular complexity index is 736. The van der Waals surface area contributed by atoms with Crippen LogP contribution in [-0.2, 0) is 17.8 Å². The summed E-state index contributed by atoms with van der Waals surface area (Å²) in [7, 11) is 0. The van der Waals surface area contributed by atoms with Crippen LogP contribution in [0.3, 0.4) is 0 Å². The number of imidazole rings is 1. The largest absolute Gasteiger partial charge is 0.366 e. The average Bonchev–Trinajstić information content (AvgIpc) is 3.13. The van der Waals surface area contributed by atoms with Crippen molar-refractivity contribution in [2.24, 2.45) is 5.92 Å². The van der Waals surface area contributed by atoms with Crippen molar-refractivity contribution >= 4 is 11.7 Å². The van der Waals surface area contributed by atoms with E-state index in [4.69, 9.17) is 0 Å². The number of nitrogens with zero attached hydrogens (tertiary/aromatic N) is 4. The summed E-state index contributed by atoms with van der Waals surface area (Å²) in [6.07, 6.45) is 13.0. The molecular weight excluding hydrogens is 340 g/mol. The van der Waals surface area contributed by atoms with Gasteiger partial charge in [0, 0.05) is 50.1 Å². The molecular formula is C20H30N6O. The zero-order valence-electron chi connectivity index (χ0n) is 16.3. The fourth-order valence-electron chi connectivity index (χ4n) is 3.71. The quantitative estimate of drug-likeness (QED) is 0.698. The lowest BCUT2D eigenvalue weighted by atomic mass is 9.85. The Balaban J connectivity index is 1.34. The number of hydrogen-bond acceptors (Lipinski definition) is 5. The van der Waals surface area contributed by atoms with Crippen LogP contribution in [0.25, 0.3) is 0 Å². The van der Waals surface area contributed by atoms with Gasteiger partial charge in [-0.2, -0.15) is 0 Å². The van der Waals surface area contributed by atoms with Gasteiger partial charge in [-0.15, -0.1) is 0 Å². The van der Waals surface area contributed by atoms with Crippen molar-refractivity contribution in [2.75, 3.05) is 11.9 Å². The Morgan fingerprint density at radius 1 is 1.26 bits per heavy atom. The van der Waals surface area contributed by atoms with E-state index in [-0.39, 0.29) is 11.8 Å². The van der Waals surface area contributed by atoms with Gasteiger partial charge in [0.15, 0.2) is 0 Å². The Hall–Kier alpha value is -2.44. The maximum Gasteiger partial charge on any atom is 0.223 e. The fourth-order valence-corrected chi connectivity index (χ4v) is 3.71. The van der Waals surface area contributed by atoms with Gasteiger partial charge < -0.3 is 15.2 Å². The molecule has 0 unspecified atom stereocenters. The summed E-state index contributed by atoms with van der Waals surface area (Å²) >= 11 is 0. The summed E-state index contributed by atoms with van der Waals surface area (Å²) in [5.41, 5.74) is 0.912. The van der Waals surface area contributed by atoms with Gasteiger partial charge in [0.2, 0.25) is 5.91 Å². The maximum absolute atomic E-state index is 12.4. The molecule has 1 aliphatic carbocycles. The van der Waals surface area contributed by atoms with E-state index in [2.05, 4.69) is 37.1 Å². The predicted molar refractivity (Wildman–Crippen MR) is 105 cm³/mol. The molecule has 2 heterocycles. The first-order valence-corrected chi connectivity index (χ1v) is 9.98. The fraction of sp³-hybridized carbons (Fsp3) is 0.600. The Morgan fingerprint density at radius 3 is 2.81 bits per heavy atom. The molecule has 0 aliphatic heterocycles. The second-order valence-electron chi connectivity index (χ2n) is 7.27. The van der Waals surface area contributed by atoms with Crippen LogP contribution >= 0.6 is 0 Å². The Kier molecular flexibility index (Phi) is 6.79. The first-order valence-electron chi connectivity index (χ1n) is 9.98. The van der Waals surface area contributed by atoms with Gasteiger partial charge in [0.05, 0.1) is 11.9 Å². The van der Waals surface area contributed by atoms with Crippen molar-refractivity contribution in [3.63, 3.8) is 0 Å². The minimum Gasteiger partial charge on any atom is -0.366 e. The third-order valence-electron chi connectivity index (χ3n) is 5.20. The highest BCUT2D eigenvalue weighted by Gasteiger charge is 2.26. The number of hydrogen-bond donors (Lipinski definition) is 2. The number of carbonyl (C=O) groups excluding carboxylic acids is 1. The number of rotatable bonds is 8. The van der Waals surface area contributed by atoms with E-state index in [1.54, 1.807) is 12.4 Å². The first kappa shape index (κ1) is 19.3. The molecule has 0 saturated heterocycles. The molecule has 7 nitrogen and oxygen atoms in total. The molecule has 1 aliphatic rings. The number of aromatic nitrogens is 4. The van der Waals surface area contributed by atoms with E-state index >= 15 is 0 Å². The number of aryl methyl sites for hydroxylation is 3. The van der Waals surface area contributed by atoms with Crippen molar-refractivity contribution in [3.8, 4) is 0 Å². The molecule has 0 radical (unpaired) electrons. The first-order chi connectivity index (χ1) is 13.2. The molecule has 1 fully saturated rings. The summed E-state index contributed by atoms with van der Waals surface area (Å²) < 4.78 is 2.16. The summed E-state index contributed by atoms with van der Waals surface area (Å²) in [6, 6.07) is 0.374. The van der Waals surface area contributed by atoms with Gasteiger partial charge in [0.1, 0.15) is 11.6 Å². The van der Waals surface area contributed by atoms with E-state index in [0.717, 1.165) is 69.0 Å². The van der Waals surface area contributed by atoms with Crippen molar-refractivity contribution < 1.29 is 4.79 Å². The van der Waals surface area contributed by atoms with Crippen LogP contribution in [0.1, 0.15) is 50.5 Å². The summed E-state index contributed by atoms with van der Waals surface area (Å²) in [4.78, 5) is 25.4. The zero-order chi connectivity index (χ0) is 19.1. The highest BCUT2D eigenvalue weighted by Crippen LogP contribution is 2.26. The van der Waals surface area contributed by atoms with E-state index in [1.165, 1.54) is 0 Å². The van der Waals surface area contributed by atoms with Crippen LogP contribution in [0.15, 0.2) is 24.8 Å². The molecule has 7 heteroatoms. The van der Waals surface area contributed by atoms with E-state index < -0.39 is 0 Å². The second kappa shape index (κ2) is 9.48. The summed E-state index contributed by atoms with van der Waals surface area (Å²) in [6.45, 7) is 5.67. The van der Waals surface area contributed by atoms with Gasteiger partial charge in [-0.25, -0.2) is 9.97 Å². The van der Waals surface area contributed by atoms with Crippen LogP contribution in [0.4, 0.5) is 5.82 Å². The molecule has 146 valence electrons. The molecule has 2 aromatic rings. The third-order valence-corrected chi connectivity index (χ3v) is 5.20. The molecule has 1 saturated carbocycles. The lowest BCUT2D eigenvalue weighted by Crippen LogP contribution is -2.36. The maximum atomic E-state index is 12.4. The van der Waals surface area contributed by atoms with Crippen LogP contribution in [0.5, 0.6) is 0 Å². The molecule has 1 amide bonds. The predicted octanol–water partition coefficient (Wildman–Crippen LogP) is 2.72. The van der Waals surface area contributed by atoms with Gasteiger partial charge >= 0.3 is 0 Å². The van der Waals surface area contributed by atoms with E-state index in [9.17, 15) is 4.79 Å². The Morgan fingerprint density at radius 2 is 2.07 bits per heavy atom. The van der Waals surface area contributed by atoms with E-state index in [0.29, 0.717) is 6.04 Å². The molecule has 27 heavy (non-hydrogen) atoms. The van der Waals surface area contributed by atoms with Crippen LogP contribution < -0.4 is 10.6 Å². The van der Waals surface area contributed by atoms with E-state index in [1.807, 2.05) is 19.3 Å². The SMILES string of the molecule is CCc1nccn1CCCNC(=O)C1CCC(Nc2cncc(C)n2)CC1. The van der Waals surface area contributed by atoms with Crippen molar-refractivity contribution in [1.82, 2.24) is 24.8 Å². The number of amides is 1. The number of nitrogens with one attached hydrogen (secondary N) is 2. The molecule has 0 spiro atoms. The van der Waals surface area contributed by atoms with Gasteiger partial charge in [0.25, 0.3) is 0 Å². The van der Waals surface area contributed by atoms with Gasteiger partial charge in [-0.1, -0.05) is 6.92 Å². The van der Waals surface area contributed by atoms with Crippen LogP contribution in [0.2, 0.25) is 0 Å².